The standard InChI is InChI=1S/C26H21BO4P/c28-23-17-9-7-15-21(23)25-30-27(19-11-3-1-4-12-19)29-24-18-10-8-16-22(24)26(31-27)32(25)20-13-5-2-6-14-20/h1-18,25-26,28H/q-1/t25-,26+,27?,32?/m1/s1. The van der Waals surface area contributed by atoms with Crippen molar-refractivity contribution in [2.75, 3.05) is 0 Å². The highest BCUT2D eigenvalue weighted by molar-refractivity contribution is 7.66. The van der Waals surface area contributed by atoms with Crippen molar-refractivity contribution in [2.45, 2.75) is 11.7 Å². The Morgan fingerprint density at radius 2 is 1.19 bits per heavy atom. The van der Waals surface area contributed by atoms with Crippen molar-refractivity contribution in [3.8, 4) is 11.5 Å². The second-order valence-electron chi connectivity index (χ2n) is 7.99. The molecule has 4 aromatic carbocycles. The van der Waals surface area contributed by atoms with Crippen molar-refractivity contribution in [2.24, 2.45) is 0 Å². The van der Waals surface area contributed by atoms with Crippen LogP contribution in [0.5, 0.6) is 11.5 Å². The molecule has 2 aliphatic rings. The van der Waals surface area contributed by atoms with Crippen molar-refractivity contribution >= 4 is 25.4 Å². The zero-order valence-electron chi connectivity index (χ0n) is 17.2. The van der Waals surface area contributed by atoms with Gasteiger partial charge in [-0.2, -0.15) is 0 Å². The van der Waals surface area contributed by atoms with Crippen LogP contribution in [0.2, 0.25) is 0 Å². The molecule has 4 nitrogen and oxygen atoms in total. The summed E-state index contributed by atoms with van der Waals surface area (Å²) in [6, 6.07) is 35.6. The fourth-order valence-electron chi connectivity index (χ4n) is 4.57. The van der Waals surface area contributed by atoms with Gasteiger partial charge in [0.25, 0.3) is 0 Å². The Morgan fingerprint density at radius 3 is 1.91 bits per heavy atom. The Bertz CT molecular complexity index is 1250. The summed E-state index contributed by atoms with van der Waals surface area (Å²) in [5.74, 6) is 0.358. The van der Waals surface area contributed by atoms with Crippen LogP contribution in [-0.4, -0.2) is 11.9 Å². The molecule has 0 saturated carbocycles. The summed E-state index contributed by atoms with van der Waals surface area (Å²) < 4.78 is 20.1. The predicted octanol–water partition coefficient (Wildman–Crippen LogP) is 5.18. The first kappa shape index (κ1) is 19.6. The van der Waals surface area contributed by atoms with Gasteiger partial charge in [-0.05, 0) is 25.4 Å². The summed E-state index contributed by atoms with van der Waals surface area (Å²) in [5.41, 5.74) is 2.61. The van der Waals surface area contributed by atoms with E-state index >= 15 is 0 Å². The minimum atomic E-state index is -2.26. The average Bonchev–Trinajstić information content (AvgIpc) is 2.85. The molecule has 0 amide bonds. The number of para-hydroxylation sites is 2. The van der Waals surface area contributed by atoms with E-state index in [2.05, 4.69) is 18.2 Å². The lowest BCUT2D eigenvalue weighted by molar-refractivity contribution is 0.0573. The maximum atomic E-state index is 10.8. The quantitative estimate of drug-likeness (QED) is 0.353. The SMILES string of the molecule is Oc1ccccc1[C@@H]1O[B-]2(c3ccccc3)Oc3ccccc3[C@@H](O2)P1c1ccccc1. The molecule has 6 heteroatoms. The molecule has 0 aliphatic carbocycles. The van der Waals surface area contributed by atoms with Crippen LogP contribution in [0.15, 0.2) is 109 Å². The number of phenolic OH excluding ortho intramolecular Hbond substituents is 1. The number of hydrogen-bond donors (Lipinski definition) is 1. The molecule has 2 unspecified atom stereocenters. The molecule has 4 aromatic rings. The molecule has 2 heterocycles. The largest absolute Gasteiger partial charge is 0.666 e. The highest BCUT2D eigenvalue weighted by atomic mass is 31.1. The van der Waals surface area contributed by atoms with Crippen molar-refractivity contribution in [3.05, 3.63) is 120 Å². The van der Waals surface area contributed by atoms with Gasteiger partial charge in [0.2, 0.25) is 0 Å². The number of phenols is 1. The lowest BCUT2D eigenvalue weighted by Crippen LogP contribution is -2.64. The molecule has 2 bridgehead atoms. The van der Waals surface area contributed by atoms with Crippen LogP contribution in [0.25, 0.3) is 0 Å². The summed E-state index contributed by atoms with van der Waals surface area (Å²) >= 11 is 0. The second-order valence-corrected chi connectivity index (χ2v) is 10.3. The first-order chi connectivity index (χ1) is 15.8. The normalized spacial score (nSPS) is 26.1. The smallest absolute Gasteiger partial charge is 0.467 e. The highest BCUT2D eigenvalue weighted by Gasteiger charge is 2.52. The Labute approximate surface area is 188 Å². The van der Waals surface area contributed by atoms with E-state index in [4.69, 9.17) is 14.0 Å². The molecule has 0 spiro atoms. The summed E-state index contributed by atoms with van der Waals surface area (Å²) in [7, 11) is -1.04. The third-order valence-electron chi connectivity index (χ3n) is 6.05. The first-order valence-electron chi connectivity index (χ1n) is 10.7. The van der Waals surface area contributed by atoms with E-state index in [0.717, 1.165) is 27.6 Å². The maximum Gasteiger partial charge on any atom is 0.467 e. The van der Waals surface area contributed by atoms with E-state index in [-0.39, 0.29) is 11.6 Å². The van der Waals surface area contributed by atoms with Crippen molar-refractivity contribution < 1.29 is 19.1 Å². The lowest BCUT2D eigenvalue weighted by Gasteiger charge is -2.59. The van der Waals surface area contributed by atoms with Gasteiger partial charge in [0.05, 0.1) is 17.4 Å². The third-order valence-corrected chi connectivity index (χ3v) is 8.76. The fourth-order valence-corrected chi connectivity index (χ4v) is 7.49. The van der Waals surface area contributed by atoms with Gasteiger partial charge in [0.15, 0.2) is 0 Å². The predicted molar refractivity (Wildman–Crippen MR) is 128 cm³/mol. The van der Waals surface area contributed by atoms with E-state index in [0.29, 0.717) is 0 Å². The summed E-state index contributed by atoms with van der Waals surface area (Å²) in [5, 5.41) is 11.9. The van der Waals surface area contributed by atoms with Crippen LogP contribution in [0.1, 0.15) is 22.8 Å². The molecule has 0 aromatic heterocycles. The van der Waals surface area contributed by atoms with Gasteiger partial charge < -0.3 is 19.1 Å². The van der Waals surface area contributed by atoms with Crippen LogP contribution in [0.3, 0.4) is 0 Å². The fraction of sp³-hybridized carbons (Fsp3) is 0.0769. The van der Waals surface area contributed by atoms with E-state index in [1.54, 1.807) is 6.07 Å². The molecular formula is C26H21BO4P-. The van der Waals surface area contributed by atoms with Gasteiger partial charge in [-0.25, -0.2) is 0 Å². The number of aromatic hydroxyl groups is 1. The van der Waals surface area contributed by atoms with Crippen LogP contribution in [0.4, 0.5) is 0 Å². The van der Waals surface area contributed by atoms with Crippen LogP contribution < -0.4 is 15.4 Å². The van der Waals surface area contributed by atoms with Crippen LogP contribution in [0, 0.1) is 0 Å². The highest BCUT2D eigenvalue weighted by Crippen LogP contribution is 2.69. The molecular weight excluding hydrogens is 418 g/mol. The molecule has 2 aliphatic heterocycles. The molecule has 4 atom stereocenters. The van der Waals surface area contributed by atoms with E-state index in [9.17, 15) is 5.11 Å². The molecule has 6 rings (SSSR count). The van der Waals surface area contributed by atoms with Crippen LogP contribution in [-0.2, 0) is 9.31 Å². The lowest BCUT2D eigenvalue weighted by atomic mass is 9.67. The van der Waals surface area contributed by atoms with E-state index < -0.39 is 20.5 Å². The van der Waals surface area contributed by atoms with Crippen molar-refractivity contribution in [1.29, 1.82) is 0 Å². The Morgan fingerprint density at radius 1 is 0.625 bits per heavy atom. The first-order valence-corrected chi connectivity index (χ1v) is 12.2. The summed E-state index contributed by atoms with van der Waals surface area (Å²) in [6.45, 7) is -2.26. The molecule has 1 saturated heterocycles. The number of fused-ring (bicyclic) bond motifs is 4. The topological polar surface area (TPSA) is 47.9 Å². The second kappa shape index (κ2) is 7.79. The van der Waals surface area contributed by atoms with Gasteiger partial charge in [-0.3, -0.25) is 0 Å². The number of hydrogen-bond acceptors (Lipinski definition) is 4. The van der Waals surface area contributed by atoms with E-state index in [1.807, 2.05) is 84.9 Å². The van der Waals surface area contributed by atoms with Gasteiger partial charge in [0.1, 0.15) is 5.75 Å². The zero-order chi connectivity index (χ0) is 21.5. The van der Waals surface area contributed by atoms with Crippen molar-refractivity contribution in [3.63, 3.8) is 0 Å². The average molecular weight is 439 g/mol. The maximum absolute atomic E-state index is 10.8. The number of rotatable bonds is 3. The van der Waals surface area contributed by atoms with Gasteiger partial charge in [-0.15, -0.1) is 5.46 Å². The molecule has 158 valence electrons. The summed E-state index contributed by atoms with van der Waals surface area (Å²) in [6.07, 6.45) is 0. The van der Waals surface area contributed by atoms with Gasteiger partial charge in [-0.1, -0.05) is 97.1 Å². The minimum Gasteiger partial charge on any atom is -0.666 e. The molecule has 32 heavy (non-hydrogen) atoms. The molecule has 0 radical (unpaired) electrons. The minimum absolute atomic E-state index is 0.216. The Hall–Kier alpha value is -3.11. The van der Waals surface area contributed by atoms with Crippen LogP contribution >= 0.6 is 7.92 Å². The van der Waals surface area contributed by atoms with Gasteiger partial charge >= 0.3 is 6.75 Å². The van der Waals surface area contributed by atoms with Gasteiger partial charge in [0, 0.05) is 11.1 Å². The Balaban J connectivity index is 1.60. The monoisotopic (exact) mass is 439 g/mol. The Kier molecular flexibility index (Phi) is 4.76. The summed E-state index contributed by atoms with van der Waals surface area (Å²) in [4.78, 5) is 0. The van der Waals surface area contributed by atoms with E-state index in [1.165, 1.54) is 0 Å². The molecule has 1 fully saturated rings. The van der Waals surface area contributed by atoms with Crippen molar-refractivity contribution in [1.82, 2.24) is 0 Å². The molecule has 1 N–H and O–H groups in total. The number of benzene rings is 4. The third kappa shape index (κ3) is 3.13. The zero-order valence-corrected chi connectivity index (χ0v) is 18.1.